The lowest BCUT2D eigenvalue weighted by molar-refractivity contribution is -0.122. The van der Waals surface area contributed by atoms with Gasteiger partial charge >= 0.3 is 0 Å². The van der Waals surface area contributed by atoms with Crippen LogP contribution in [-0.4, -0.2) is 34.9 Å². The van der Waals surface area contributed by atoms with E-state index in [1.165, 1.54) is 11.3 Å². The van der Waals surface area contributed by atoms with E-state index in [0.29, 0.717) is 5.56 Å². The van der Waals surface area contributed by atoms with E-state index in [9.17, 15) is 9.59 Å². The number of fused-ring (bicyclic) bond motifs is 1. The SMILES string of the molecule is N#CCNC(=O)[C@@H](CNC(=O)c1ccc(-c2csc(Nc3ccncc3)n2)cc1)c1ccc2ccccc2c1. The summed E-state index contributed by atoms with van der Waals surface area (Å²) in [5, 5.41) is 22.4. The normalized spacial score (nSPS) is 11.4. The van der Waals surface area contributed by atoms with E-state index in [4.69, 9.17) is 5.26 Å². The van der Waals surface area contributed by atoms with Gasteiger partial charge < -0.3 is 16.0 Å². The number of rotatable bonds is 9. The highest BCUT2D eigenvalue weighted by molar-refractivity contribution is 7.14. The maximum atomic E-state index is 13.0. The molecule has 2 aromatic heterocycles. The lowest BCUT2D eigenvalue weighted by atomic mass is 9.95. The molecule has 8 nitrogen and oxygen atoms in total. The fourth-order valence-electron chi connectivity index (χ4n) is 4.15. The van der Waals surface area contributed by atoms with E-state index in [0.717, 1.165) is 38.4 Å². The Morgan fingerprint density at radius 2 is 1.69 bits per heavy atom. The maximum Gasteiger partial charge on any atom is 0.251 e. The second-order valence-electron chi connectivity index (χ2n) is 8.72. The average Bonchev–Trinajstić information content (AvgIpc) is 3.45. The first-order valence-corrected chi connectivity index (χ1v) is 13.1. The first kappa shape index (κ1) is 25.6. The third-order valence-electron chi connectivity index (χ3n) is 6.18. The molecule has 3 aromatic carbocycles. The highest BCUT2D eigenvalue weighted by atomic mass is 32.1. The van der Waals surface area contributed by atoms with Crippen LogP contribution in [-0.2, 0) is 4.79 Å². The number of nitrogens with one attached hydrogen (secondary N) is 3. The molecule has 2 amide bonds. The number of nitrogens with zero attached hydrogens (tertiary/aromatic N) is 3. The third-order valence-corrected chi connectivity index (χ3v) is 6.94. The van der Waals surface area contributed by atoms with Crippen molar-refractivity contribution < 1.29 is 9.59 Å². The molecular formula is C30H24N6O2S. The van der Waals surface area contributed by atoms with Crippen LogP contribution in [0.15, 0.2) is 96.6 Å². The van der Waals surface area contributed by atoms with Crippen molar-refractivity contribution in [3.05, 3.63) is 108 Å². The van der Waals surface area contributed by atoms with Gasteiger partial charge in [-0.1, -0.05) is 54.6 Å². The first-order chi connectivity index (χ1) is 19.1. The Bertz CT molecular complexity index is 1640. The van der Waals surface area contributed by atoms with Crippen LogP contribution in [0.25, 0.3) is 22.0 Å². The van der Waals surface area contributed by atoms with Crippen LogP contribution < -0.4 is 16.0 Å². The quantitative estimate of drug-likeness (QED) is 0.223. The van der Waals surface area contributed by atoms with Crippen molar-refractivity contribution in [1.82, 2.24) is 20.6 Å². The van der Waals surface area contributed by atoms with Crippen molar-refractivity contribution in [1.29, 1.82) is 5.26 Å². The molecule has 5 rings (SSSR count). The molecule has 0 unspecified atom stereocenters. The monoisotopic (exact) mass is 532 g/mol. The topological polar surface area (TPSA) is 120 Å². The minimum absolute atomic E-state index is 0.0896. The highest BCUT2D eigenvalue weighted by Crippen LogP contribution is 2.27. The molecule has 9 heteroatoms. The first-order valence-electron chi connectivity index (χ1n) is 12.3. The van der Waals surface area contributed by atoms with Crippen LogP contribution >= 0.6 is 11.3 Å². The zero-order valence-electron chi connectivity index (χ0n) is 20.8. The summed E-state index contributed by atoms with van der Waals surface area (Å²) in [5.41, 5.74) is 3.82. The minimum Gasteiger partial charge on any atom is -0.351 e. The largest absolute Gasteiger partial charge is 0.351 e. The molecule has 0 radical (unpaired) electrons. The summed E-state index contributed by atoms with van der Waals surface area (Å²) < 4.78 is 0. The van der Waals surface area contributed by atoms with Crippen LogP contribution in [0.5, 0.6) is 0 Å². The standard InChI is InChI=1S/C30H24N6O2S/c31-13-16-33-29(38)26(24-10-5-20-3-1-2-4-23(20)17-24)18-34-28(37)22-8-6-21(7-9-22)27-19-39-30(36-27)35-25-11-14-32-15-12-25/h1-12,14-15,17,19,26H,16,18H2,(H,33,38)(H,34,37)(H,32,35,36)/t26-/m0/s1. The second kappa shape index (κ2) is 12.0. The molecule has 2 heterocycles. The van der Waals surface area contributed by atoms with Crippen molar-refractivity contribution in [3.63, 3.8) is 0 Å². The minimum atomic E-state index is -0.646. The highest BCUT2D eigenvalue weighted by Gasteiger charge is 2.22. The number of carbonyl (C=O) groups excluding carboxylic acids is 2. The van der Waals surface area contributed by atoms with Gasteiger partial charge in [-0.2, -0.15) is 5.26 Å². The van der Waals surface area contributed by atoms with Crippen molar-refractivity contribution in [2.24, 2.45) is 0 Å². The predicted molar refractivity (Wildman–Crippen MR) is 153 cm³/mol. The number of amides is 2. The number of benzene rings is 3. The van der Waals surface area contributed by atoms with Crippen LogP contribution in [0.4, 0.5) is 10.8 Å². The Morgan fingerprint density at radius 1 is 0.923 bits per heavy atom. The van der Waals surface area contributed by atoms with Crippen molar-refractivity contribution >= 4 is 44.7 Å². The number of aromatic nitrogens is 2. The van der Waals surface area contributed by atoms with Gasteiger partial charge in [0.1, 0.15) is 6.54 Å². The molecule has 192 valence electrons. The molecule has 0 spiro atoms. The Labute approximate surface area is 229 Å². The molecule has 0 aliphatic carbocycles. The number of hydrogen-bond donors (Lipinski definition) is 3. The summed E-state index contributed by atoms with van der Waals surface area (Å²) >= 11 is 1.49. The predicted octanol–water partition coefficient (Wildman–Crippen LogP) is 5.26. The van der Waals surface area contributed by atoms with Gasteiger partial charge in [0.25, 0.3) is 5.91 Å². The molecule has 39 heavy (non-hydrogen) atoms. The van der Waals surface area contributed by atoms with Gasteiger partial charge in [0, 0.05) is 41.1 Å². The molecule has 3 N–H and O–H groups in total. The van der Waals surface area contributed by atoms with Crippen LogP contribution in [0.1, 0.15) is 21.8 Å². The number of hydrogen-bond acceptors (Lipinski definition) is 7. The van der Waals surface area contributed by atoms with Crippen molar-refractivity contribution in [2.45, 2.75) is 5.92 Å². The number of carbonyl (C=O) groups is 2. The lowest BCUT2D eigenvalue weighted by Crippen LogP contribution is -2.37. The average molecular weight is 533 g/mol. The Balaban J connectivity index is 1.26. The summed E-state index contributed by atoms with van der Waals surface area (Å²) in [6, 6.07) is 26.5. The van der Waals surface area contributed by atoms with Gasteiger partial charge in [0.15, 0.2) is 5.13 Å². The summed E-state index contributed by atoms with van der Waals surface area (Å²) in [6.07, 6.45) is 3.42. The Morgan fingerprint density at radius 3 is 2.46 bits per heavy atom. The van der Waals surface area contributed by atoms with E-state index >= 15 is 0 Å². The summed E-state index contributed by atoms with van der Waals surface area (Å²) in [6.45, 7) is -0.0129. The van der Waals surface area contributed by atoms with Gasteiger partial charge in [0.2, 0.25) is 5.91 Å². The molecule has 0 fully saturated rings. The Hall–Kier alpha value is -5.07. The molecular weight excluding hydrogens is 508 g/mol. The molecule has 5 aromatic rings. The maximum absolute atomic E-state index is 13.0. The summed E-state index contributed by atoms with van der Waals surface area (Å²) in [7, 11) is 0. The molecule has 0 saturated heterocycles. The fourth-order valence-corrected chi connectivity index (χ4v) is 4.89. The van der Waals surface area contributed by atoms with E-state index in [2.05, 4.69) is 25.9 Å². The van der Waals surface area contributed by atoms with Gasteiger partial charge in [-0.05, 0) is 40.6 Å². The molecule has 0 saturated carbocycles. The van der Waals surface area contributed by atoms with Crippen LogP contribution in [0.3, 0.4) is 0 Å². The number of pyridine rings is 1. The van der Waals surface area contributed by atoms with E-state index < -0.39 is 5.92 Å². The van der Waals surface area contributed by atoms with Crippen molar-refractivity contribution in [3.8, 4) is 17.3 Å². The van der Waals surface area contributed by atoms with Gasteiger partial charge in [-0.15, -0.1) is 11.3 Å². The van der Waals surface area contributed by atoms with E-state index in [1.807, 2.05) is 78.2 Å². The van der Waals surface area contributed by atoms with E-state index in [1.54, 1.807) is 24.5 Å². The molecule has 1 atom stereocenters. The summed E-state index contributed by atoms with van der Waals surface area (Å²) in [5.74, 6) is -1.26. The van der Waals surface area contributed by atoms with Gasteiger partial charge in [-0.3, -0.25) is 14.6 Å². The lowest BCUT2D eigenvalue weighted by Gasteiger charge is -2.18. The van der Waals surface area contributed by atoms with Gasteiger partial charge in [-0.25, -0.2) is 4.98 Å². The second-order valence-corrected chi connectivity index (χ2v) is 9.58. The zero-order valence-corrected chi connectivity index (χ0v) is 21.6. The molecule has 0 aliphatic heterocycles. The number of thiazole rings is 1. The van der Waals surface area contributed by atoms with Gasteiger partial charge in [0.05, 0.1) is 17.7 Å². The molecule has 0 bridgehead atoms. The van der Waals surface area contributed by atoms with Crippen molar-refractivity contribution in [2.75, 3.05) is 18.4 Å². The number of nitriles is 1. The summed E-state index contributed by atoms with van der Waals surface area (Å²) in [4.78, 5) is 34.5. The van der Waals surface area contributed by atoms with E-state index in [-0.39, 0.29) is 24.9 Å². The molecule has 0 aliphatic rings. The van der Waals surface area contributed by atoms with Crippen LogP contribution in [0, 0.1) is 11.3 Å². The smallest absolute Gasteiger partial charge is 0.251 e. The Kier molecular flexibility index (Phi) is 7.86. The number of anilines is 2. The zero-order chi connectivity index (χ0) is 27.0. The van der Waals surface area contributed by atoms with Crippen LogP contribution in [0.2, 0.25) is 0 Å². The third kappa shape index (κ3) is 6.26. The fraction of sp³-hybridized carbons (Fsp3) is 0.100.